The number of nitrogens with one attached hydrogen (secondary N) is 1. The van der Waals surface area contributed by atoms with Crippen LogP contribution < -0.4 is 11.1 Å². The molecule has 0 bridgehead atoms. The average Bonchev–Trinajstić information content (AvgIpc) is 2.54. The zero-order valence-corrected chi connectivity index (χ0v) is 15.5. The van der Waals surface area contributed by atoms with Gasteiger partial charge in [-0.25, -0.2) is 0 Å². The summed E-state index contributed by atoms with van der Waals surface area (Å²) >= 11 is 0. The van der Waals surface area contributed by atoms with Crippen LogP contribution in [-0.4, -0.2) is 6.54 Å². The van der Waals surface area contributed by atoms with Crippen molar-refractivity contribution in [3.8, 4) is 0 Å². The highest BCUT2D eigenvalue weighted by Crippen LogP contribution is 2.13. The molecule has 0 unspecified atom stereocenters. The largest absolute Gasteiger partial charge is 0.386 e. The summed E-state index contributed by atoms with van der Waals surface area (Å²) in [4.78, 5) is 0. The van der Waals surface area contributed by atoms with E-state index in [4.69, 9.17) is 5.73 Å². The first-order valence-corrected chi connectivity index (χ1v) is 9.97. The first kappa shape index (κ1) is 21.3. The minimum Gasteiger partial charge on any atom is -0.386 e. The molecule has 0 saturated heterocycles. The zero-order valence-electron chi connectivity index (χ0n) is 15.5. The molecule has 0 aliphatic rings. The Morgan fingerprint density at radius 2 is 1.05 bits per heavy atom. The van der Waals surface area contributed by atoms with E-state index in [9.17, 15) is 0 Å². The Balaban J connectivity index is 3.00. The fraction of sp³-hybridized carbons (Fsp3) is 0.900. The lowest BCUT2D eigenvalue weighted by atomic mass is 10.0. The fourth-order valence-electron chi connectivity index (χ4n) is 2.83. The first-order chi connectivity index (χ1) is 10.8. The maximum atomic E-state index is 5.68. The van der Waals surface area contributed by atoms with Crippen molar-refractivity contribution in [3.05, 3.63) is 11.9 Å². The summed E-state index contributed by atoms with van der Waals surface area (Å²) in [5, 5.41) is 3.22. The maximum Gasteiger partial charge on any atom is 0.0916 e. The molecule has 0 radical (unpaired) electrons. The molecule has 0 aliphatic carbocycles. The highest BCUT2D eigenvalue weighted by molar-refractivity contribution is 4.90. The van der Waals surface area contributed by atoms with E-state index in [1.807, 2.05) is 13.0 Å². The van der Waals surface area contributed by atoms with E-state index in [1.165, 1.54) is 96.3 Å². The Bertz CT molecular complexity index is 236. The van der Waals surface area contributed by atoms with Gasteiger partial charge in [0.1, 0.15) is 0 Å². The van der Waals surface area contributed by atoms with Gasteiger partial charge in [0, 0.05) is 6.54 Å². The van der Waals surface area contributed by atoms with E-state index in [0.717, 1.165) is 12.4 Å². The molecule has 0 amide bonds. The van der Waals surface area contributed by atoms with Gasteiger partial charge in [0.15, 0.2) is 0 Å². The maximum absolute atomic E-state index is 5.68. The molecule has 132 valence electrons. The molecule has 2 heteroatoms. The number of unbranched alkanes of at least 4 members (excludes halogenated alkanes) is 14. The Morgan fingerprint density at radius 3 is 1.41 bits per heavy atom. The number of hydrogen-bond donors (Lipinski definition) is 2. The van der Waals surface area contributed by atoms with Crippen molar-refractivity contribution in [3.63, 3.8) is 0 Å². The molecule has 0 aliphatic heterocycles. The molecular formula is C20H42N2. The van der Waals surface area contributed by atoms with Crippen molar-refractivity contribution in [1.29, 1.82) is 0 Å². The molecule has 22 heavy (non-hydrogen) atoms. The van der Waals surface area contributed by atoms with Crippen molar-refractivity contribution < 1.29 is 0 Å². The summed E-state index contributed by atoms with van der Waals surface area (Å²) in [5.41, 5.74) is 5.68. The van der Waals surface area contributed by atoms with Crippen LogP contribution >= 0.6 is 0 Å². The van der Waals surface area contributed by atoms with Gasteiger partial charge in [-0.2, -0.15) is 0 Å². The number of rotatable bonds is 17. The molecule has 0 atom stereocenters. The van der Waals surface area contributed by atoms with Gasteiger partial charge in [-0.1, -0.05) is 96.8 Å². The summed E-state index contributed by atoms with van der Waals surface area (Å²) in [7, 11) is 0. The highest BCUT2D eigenvalue weighted by Gasteiger charge is 1.94. The second-order valence-electron chi connectivity index (χ2n) is 6.62. The van der Waals surface area contributed by atoms with Crippen molar-refractivity contribution in [2.45, 2.75) is 110 Å². The van der Waals surface area contributed by atoms with Crippen LogP contribution in [0.25, 0.3) is 0 Å². The molecule has 0 aromatic rings. The predicted octanol–water partition coefficient (Wildman–Crippen LogP) is 6.27. The number of hydrogen-bond acceptors (Lipinski definition) is 2. The van der Waals surface area contributed by atoms with Crippen molar-refractivity contribution in [2.75, 3.05) is 6.54 Å². The third-order valence-corrected chi connectivity index (χ3v) is 4.42. The standard InChI is InChI=1S/C20H42N2/c1-3-5-6-7-8-9-10-11-12-13-14-15-16-17-18-19-22-20(21)4-2/h4,22H,3,5-19,21H2,1-2H3. The van der Waals surface area contributed by atoms with Crippen LogP contribution in [0.3, 0.4) is 0 Å². The second-order valence-corrected chi connectivity index (χ2v) is 6.62. The van der Waals surface area contributed by atoms with Crippen LogP contribution in [0.2, 0.25) is 0 Å². The summed E-state index contributed by atoms with van der Waals surface area (Å²) in [6.45, 7) is 5.28. The van der Waals surface area contributed by atoms with E-state index in [2.05, 4.69) is 12.2 Å². The van der Waals surface area contributed by atoms with Gasteiger partial charge in [-0.3, -0.25) is 0 Å². The zero-order chi connectivity index (χ0) is 16.3. The fourth-order valence-corrected chi connectivity index (χ4v) is 2.83. The van der Waals surface area contributed by atoms with Crippen LogP contribution in [0.1, 0.15) is 110 Å². The summed E-state index contributed by atoms with van der Waals surface area (Å²) < 4.78 is 0. The molecule has 0 aromatic heterocycles. The van der Waals surface area contributed by atoms with E-state index < -0.39 is 0 Å². The Labute approximate surface area is 140 Å². The van der Waals surface area contributed by atoms with Crippen molar-refractivity contribution >= 4 is 0 Å². The lowest BCUT2D eigenvalue weighted by molar-refractivity contribution is 0.530. The van der Waals surface area contributed by atoms with Gasteiger partial charge >= 0.3 is 0 Å². The van der Waals surface area contributed by atoms with Gasteiger partial charge in [-0.15, -0.1) is 0 Å². The van der Waals surface area contributed by atoms with Crippen LogP contribution in [0, 0.1) is 0 Å². The topological polar surface area (TPSA) is 38.0 Å². The van der Waals surface area contributed by atoms with E-state index in [0.29, 0.717) is 0 Å². The van der Waals surface area contributed by atoms with Crippen LogP contribution in [-0.2, 0) is 0 Å². The second kappa shape index (κ2) is 18.4. The minimum atomic E-state index is 0.811. The molecule has 0 saturated carbocycles. The van der Waals surface area contributed by atoms with Gasteiger partial charge in [0.25, 0.3) is 0 Å². The van der Waals surface area contributed by atoms with Gasteiger partial charge in [-0.05, 0) is 19.4 Å². The average molecular weight is 311 g/mol. The first-order valence-electron chi connectivity index (χ1n) is 9.97. The minimum absolute atomic E-state index is 0.811. The molecule has 0 rings (SSSR count). The monoisotopic (exact) mass is 310 g/mol. The molecule has 0 fully saturated rings. The van der Waals surface area contributed by atoms with Crippen molar-refractivity contribution in [2.24, 2.45) is 5.73 Å². The third kappa shape index (κ3) is 17.4. The molecule has 2 nitrogen and oxygen atoms in total. The summed E-state index contributed by atoms with van der Waals surface area (Å²) in [6.07, 6.45) is 23.2. The molecule has 0 spiro atoms. The number of allylic oxidation sites excluding steroid dienone is 1. The molecule has 0 heterocycles. The molecule has 0 aromatic carbocycles. The molecular weight excluding hydrogens is 268 g/mol. The van der Waals surface area contributed by atoms with Crippen molar-refractivity contribution in [1.82, 2.24) is 5.32 Å². The van der Waals surface area contributed by atoms with Crippen LogP contribution in [0.5, 0.6) is 0 Å². The van der Waals surface area contributed by atoms with E-state index in [-0.39, 0.29) is 0 Å². The quantitative estimate of drug-likeness (QED) is 0.311. The van der Waals surface area contributed by atoms with Gasteiger partial charge < -0.3 is 11.1 Å². The Hall–Kier alpha value is -0.660. The Kier molecular flexibility index (Phi) is 17.8. The lowest BCUT2D eigenvalue weighted by Crippen LogP contribution is -2.20. The Morgan fingerprint density at radius 1 is 0.682 bits per heavy atom. The SMILES string of the molecule is CC=C(N)NCCCCCCCCCCCCCCCCC. The normalized spacial score (nSPS) is 11.8. The van der Waals surface area contributed by atoms with Crippen LogP contribution in [0.15, 0.2) is 11.9 Å². The lowest BCUT2D eigenvalue weighted by Gasteiger charge is -2.05. The smallest absolute Gasteiger partial charge is 0.0916 e. The van der Waals surface area contributed by atoms with E-state index in [1.54, 1.807) is 0 Å². The third-order valence-electron chi connectivity index (χ3n) is 4.42. The summed E-state index contributed by atoms with van der Waals surface area (Å²) in [6, 6.07) is 0. The highest BCUT2D eigenvalue weighted by atomic mass is 15.0. The van der Waals surface area contributed by atoms with Crippen LogP contribution in [0.4, 0.5) is 0 Å². The molecule has 3 N–H and O–H groups in total. The predicted molar refractivity (Wildman–Crippen MR) is 101 cm³/mol. The number of nitrogens with two attached hydrogens (primary N) is 1. The van der Waals surface area contributed by atoms with E-state index >= 15 is 0 Å². The van der Waals surface area contributed by atoms with Gasteiger partial charge in [0.05, 0.1) is 5.82 Å². The summed E-state index contributed by atoms with van der Waals surface area (Å²) in [5.74, 6) is 0.811. The van der Waals surface area contributed by atoms with Gasteiger partial charge in [0.2, 0.25) is 0 Å².